The van der Waals surface area contributed by atoms with Crippen LogP contribution in [0, 0.1) is 11.3 Å². The second-order valence-corrected chi connectivity index (χ2v) is 7.01. The van der Waals surface area contributed by atoms with Crippen molar-refractivity contribution in [3.05, 3.63) is 41.0 Å². The molecule has 3 heteroatoms. The van der Waals surface area contributed by atoms with Crippen molar-refractivity contribution >= 4 is 11.4 Å². The lowest BCUT2D eigenvalue weighted by molar-refractivity contribution is -0.200. The van der Waals surface area contributed by atoms with Crippen molar-refractivity contribution in [2.24, 2.45) is 11.3 Å². The van der Waals surface area contributed by atoms with Gasteiger partial charge in [-0.1, -0.05) is 38.1 Å². The van der Waals surface area contributed by atoms with Crippen LogP contribution in [-0.2, 0) is 14.3 Å². The molecule has 0 bridgehead atoms. The van der Waals surface area contributed by atoms with Gasteiger partial charge in [-0.2, -0.15) is 0 Å². The minimum atomic E-state index is -1.15. The fourth-order valence-electron chi connectivity index (χ4n) is 4.75. The van der Waals surface area contributed by atoms with E-state index in [9.17, 15) is 4.79 Å². The molecule has 21 heavy (non-hydrogen) atoms. The first kappa shape index (κ1) is 13.2. The third-order valence-corrected chi connectivity index (χ3v) is 5.66. The van der Waals surface area contributed by atoms with Crippen LogP contribution in [0.25, 0.3) is 5.57 Å². The molecule has 1 fully saturated rings. The number of rotatable bonds is 2. The van der Waals surface area contributed by atoms with Gasteiger partial charge in [-0.15, -0.1) is 0 Å². The highest BCUT2D eigenvalue weighted by Gasteiger charge is 2.67. The van der Waals surface area contributed by atoms with Crippen molar-refractivity contribution in [1.29, 1.82) is 0 Å². The summed E-state index contributed by atoms with van der Waals surface area (Å²) in [4.78, 5) is 12.7. The molecule has 110 valence electrons. The van der Waals surface area contributed by atoms with Crippen LogP contribution in [0.5, 0.6) is 0 Å². The molecule has 0 aliphatic heterocycles. The maximum absolute atomic E-state index is 12.7. The number of fused-ring (bicyclic) bond motifs is 5. The highest BCUT2D eigenvalue weighted by atomic mass is 16.7. The molecule has 2 atom stereocenters. The Morgan fingerprint density at radius 3 is 2.43 bits per heavy atom. The summed E-state index contributed by atoms with van der Waals surface area (Å²) < 4.78 is 11.1. The van der Waals surface area contributed by atoms with Crippen LogP contribution in [0.2, 0.25) is 0 Å². The van der Waals surface area contributed by atoms with E-state index in [1.54, 1.807) is 14.2 Å². The topological polar surface area (TPSA) is 35.5 Å². The minimum absolute atomic E-state index is 0.0314. The maximum Gasteiger partial charge on any atom is 0.258 e. The average molecular weight is 284 g/mol. The quantitative estimate of drug-likeness (QED) is 0.783. The average Bonchev–Trinajstić information content (AvgIpc) is 2.47. The second-order valence-electron chi connectivity index (χ2n) is 7.01. The Morgan fingerprint density at radius 1 is 1.14 bits per heavy atom. The molecular formula is C18H20O3. The molecule has 0 amide bonds. The summed E-state index contributed by atoms with van der Waals surface area (Å²) in [5.41, 5.74) is 4.48. The van der Waals surface area contributed by atoms with Crippen molar-refractivity contribution in [3.63, 3.8) is 0 Å². The number of benzene rings is 1. The van der Waals surface area contributed by atoms with Gasteiger partial charge in [-0.25, -0.2) is 0 Å². The standard InChI is InChI=1S/C18H20O3/c1-17(2)9-12-10-7-5-6-8-11(10)13-15(14(12)17)18(20-3,21-4)16(13)19/h5-8,12,14H,9H2,1-4H3/t12-,14-/m1/s1. The molecule has 1 aromatic carbocycles. The van der Waals surface area contributed by atoms with Gasteiger partial charge < -0.3 is 9.47 Å². The number of ether oxygens (including phenoxy) is 2. The van der Waals surface area contributed by atoms with E-state index in [1.165, 1.54) is 5.56 Å². The molecule has 0 aromatic heterocycles. The van der Waals surface area contributed by atoms with Crippen LogP contribution in [0.1, 0.15) is 37.3 Å². The Kier molecular flexibility index (Phi) is 2.42. The van der Waals surface area contributed by atoms with Gasteiger partial charge in [-0.3, -0.25) is 4.79 Å². The molecule has 0 saturated heterocycles. The number of ketones is 1. The molecule has 0 unspecified atom stereocenters. The SMILES string of the molecule is COC1(OC)C(=O)C2=C1[C@H]1[C@H](CC1(C)C)c1ccccc12. The van der Waals surface area contributed by atoms with E-state index < -0.39 is 5.79 Å². The van der Waals surface area contributed by atoms with Crippen molar-refractivity contribution in [3.8, 4) is 0 Å². The van der Waals surface area contributed by atoms with E-state index in [4.69, 9.17) is 9.47 Å². The van der Waals surface area contributed by atoms with Crippen LogP contribution < -0.4 is 0 Å². The molecule has 3 aliphatic carbocycles. The Balaban J connectivity index is 1.98. The Labute approximate surface area is 124 Å². The number of hydrogen-bond acceptors (Lipinski definition) is 3. The summed E-state index contributed by atoms with van der Waals surface area (Å²) >= 11 is 0. The smallest absolute Gasteiger partial charge is 0.258 e. The summed E-state index contributed by atoms with van der Waals surface area (Å²) in [6, 6.07) is 8.29. The fraction of sp³-hybridized carbons (Fsp3) is 0.500. The van der Waals surface area contributed by atoms with E-state index in [-0.39, 0.29) is 11.2 Å². The van der Waals surface area contributed by atoms with Crippen LogP contribution >= 0.6 is 0 Å². The first-order chi connectivity index (χ1) is 9.98. The molecule has 1 saturated carbocycles. The van der Waals surface area contributed by atoms with Crippen LogP contribution in [0.15, 0.2) is 29.8 Å². The Morgan fingerprint density at radius 2 is 1.81 bits per heavy atom. The summed E-state index contributed by atoms with van der Waals surface area (Å²) in [5.74, 6) is -0.368. The molecule has 4 rings (SSSR count). The third kappa shape index (κ3) is 1.30. The normalized spacial score (nSPS) is 30.8. The van der Waals surface area contributed by atoms with E-state index in [0.717, 1.165) is 23.1 Å². The van der Waals surface area contributed by atoms with E-state index in [2.05, 4.69) is 32.0 Å². The Hall–Kier alpha value is -1.45. The molecule has 0 heterocycles. The van der Waals surface area contributed by atoms with Gasteiger partial charge in [-0.05, 0) is 34.8 Å². The fourth-order valence-corrected chi connectivity index (χ4v) is 4.75. The molecule has 3 aliphatic rings. The zero-order chi connectivity index (χ0) is 15.0. The van der Waals surface area contributed by atoms with Crippen molar-refractivity contribution in [1.82, 2.24) is 0 Å². The van der Waals surface area contributed by atoms with Gasteiger partial charge in [0.05, 0.1) is 0 Å². The number of hydrogen-bond donors (Lipinski definition) is 0. The van der Waals surface area contributed by atoms with Crippen LogP contribution in [0.3, 0.4) is 0 Å². The van der Waals surface area contributed by atoms with Crippen molar-refractivity contribution < 1.29 is 14.3 Å². The lowest BCUT2D eigenvalue weighted by Gasteiger charge is -2.61. The van der Waals surface area contributed by atoms with Crippen molar-refractivity contribution in [2.45, 2.75) is 32.0 Å². The van der Waals surface area contributed by atoms with E-state index in [0.29, 0.717) is 11.8 Å². The lowest BCUT2D eigenvalue weighted by atomic mass is 9.44. The molecular weight excluding hydrogens is 264 g/mol. The Bertz CT molecular complexity index is 679. The van der Waals surface area contributed by atoms with E-state index in [1.807, 2.05) is 6.07 Å². The summed E-state index contributed by atoms with van der Waals surface area (Å²) in [6.07, 6.45) is 1.14. The molecule has 0 N–H and O–H groups in total. The molecule has 0 spiro atoms. The first-order valence-corrected chi connectivity index (χ1v) is 7.47. The van der Waals surface area contributed by atoms with Gasteiger partial charge in [0.1, 0.15) is 0 Å². The summed E-state index contributed by atoms with van der Waals surface area (Å²) in [7, 11) is 3.12. The van der Waals surface area contributed by atoms with Gasteiger partial charge >= 0.3 is 0 Å². The summed E-state index contributed by atoms with van der Waals surface area (Å²) in [5, 5.41) is 0. The van der Waals surface area contributed by atoms with Crippen LogP contribution in [0.4, 0.5) is 0 Å². The number of Topliss-reactive ketones (excluding diaryl/α,β-unsaturated/α-hetero) is 1. The molecule has 0 radical (unpaired) electrons. The number of carbonyl (C=O) groups excluding carboxylic acids is 1. The summed E-state index contributed by atoms with van der Waals surface area (Å²) in [6.45, 7) is 4.54. The predicted octanol–water partition coefficient (Wildman–Crippen LogP) is 3.16. The zero-order valence-corrected chi connectivity index (χ0v) is 12.9. The predicted molar refractivity (Wildman–Crippen MR) is 79.7 cm³/mol. The minimum Gasteiger partial charge on any atom is -0.343 e. The van der Waals surface area contributed by atoms with Gasteiger partial charge in [0.2, 0.25) is 5.78 Å². The third-order valence-electron chi connectivity index (χ3n) is 5.66. The monoisotopic (exact) mass is 284 g/mol. The number of carbonyl (C=O) groups is 1. The van der Waals surface area contributed by atoms with E-state index >= 15 is 0 Å². The van der Waals surface area contributed by atoms with Gasteiger partial charge in [0.25, 0.3) is 5.79 Å². The van der Waals surface area contributed by atoms with Gasteiger partial charge in [0, 0.05) is 25.4 Å². The van der Waals surface area contributed by atoms with Gasteiger partial charge in [0.15, 0.2) is 0 Å². The highest BCUT2D eigenvalue weighted by Crippen LogP contribution is 2.68. The first-order valence-electron chi connectivity index (χ1n) is 7.47. The highest BCUT2D eigenvalue weighted by molar-refractivity contribution is 6.34. The zero-order valence-electron chi connectivity index (χ0n) is 12.9. The maximum atomic E-state index is 12.7. The van der Waals surface area contributed by atoms with Crippen molar-refractivity contribution in [2.75, 3.05) is 14.2 Å². The lowest BCUT2D eigenvalue weighted by Crippen LogP contribution is -2.62. The van der Waals surface area contributed by atoms with Crippen LogP contribution in [-0.4, -0.2) is 25.8 Å². The molecule has 3 nitrogen and oxygen atoms in total. The number of methoxy groups -OCH3 is 2. The molecule has 1 aromatic rings. The second kappa shape index (κ2) is 3.84. The largest absolute Gasteiger partial charge is 0.343 e.